The van der Waals surface area contributed by atoms with Crippen molar-refractivity contribution >= 4 is 17.6 Å². The second-order valence-electron chi connectivity index (χ2n) is 7.83. The van der Waals surface area contributed by atoms with Crippen LogP contribution in [0.3, 0.4) is 0 Å². The summed E-state index contributed by atoms with van der Waals surface area (Å²) in [5.41, 5.74) is 1.36. The Labute approximate surface area is 183 Å². The molecule has 9 nitrogen and oxygen atoms in total. The predicted octanol–water partition coefficient (Wildman–Crippen LogP) is 1.67. The standard InChI is InChI=1S/C22H22FN5O4/c23-16-10-28(21(30)11-29)6-5-19(16)32-18-4-3-14(7-15(18)9-24)17-8-20(26-12-25-17)27-22(31)13-1-2-13/h3-4,7-8,12-13,16,19,29H,1-2,5-6,10-11H2,(H,25,26,27,31)/t16-,19+/m1/s1. The molecule has 2 N–H and O–H groups in total. The Hall–Kier alpha value is -3.58. The minimum atomic E-state index is -1.44. The Morgan fingerprint density at radius 3 is 2.78 bits per heavy atom. The molecule has 32 heavy (non-hydrogen) atoms. The highest BCUT2D eigenvalue weighted by Gasteiger charge is 2.33. The fourth-order valence-corrected chi connectivity index (χ4v) is 3.54. The second-order valence-corrected chi connectivity index (χ2v) is 7.83. The van der Waals surface area contributed by atoms with Gasteiger partial charge in [0.05, 0.1) is 17.8 Å². The molecule has 1 aliphatic heterocycles. The summed E-state index contributed by atoms with van der Waals surface area (Å²) in [6.45, 7) is -0.561. The van der Waals surface area contributed by atoms with E-state index in [9.17, 15) is 19.2 Å². The van der Waals surface area contributed by atoms with E-state index in [0.29, 0.717) is 17.1 Å². The first kappa shape index (κ1) is 21.6. The largest absolute Gasteiger partial charge is 0.486 e. The van der Waals surface area contributed by atoms with Crippen LogP contribution in [-0.2, 0) is 9.59 Å². The first-order valence-corrected chi connectivity index (χ1v) is 10.3. The van der Waals surface area contributed by atoms with Gasteiger partial charge in [0.15, 0.2) is 6.17 Å². The predicted molar refractivity (Wildman–Crippen MR) is 111 cm³/mol. The monoisotopic (exact) mass is 439 g/mol. The van der Waals surface area contributed by atoms with Crippen LogP contribution in [0.2, 0.25) is 0 Å². The molecule has 0 bridgehead atoms. The van der Waals surface area contributed by atoms with Gasteiger partial charge in [-0.15, -0.1) is 0 Å². The lowest BCUT2D eigenvalue weighted by Gasteiger charge is -2.34. The first-order chi connectivity index (χ1) is 15.5. The summed E-state index contributed by atoms with van der Waals surface area (Å²) in [5, 5.41) is 21.3. The van der Waals surface area contributed by atoms with Crippen LogP contribution in [0, 0.1) is 17.2 Å². The number of nitriles is 1. The van der Waals surface area contributed by atoms with E-state index in [1.165, 1.54) is 11.2 Å². The van der Waals surface area contributed by atoms with Gasteiger partial charge in [0.25, 0.3) is 0 Å². The van der Waals surface area contributed by atoms with Crippen LogP contribution >= 0.6 is 0 Å². The van der Waals surface area contributed by atoms with E-state index < -0.39 is 24.8 Å². The molecule has 1 saturated carbocycles. The van der Waals surface area contributed by atoms with Crippen molar-refractivity contribution in [3.8, 4) is 23.1 Å². The lowest BCUT2D eigenvalue weighted by Crippen LogP contribution is -2.50. The molecule has 0 radical (unpaired) electrons. The maximum Gasteiger partial charge on any atom is 0.248 e. The van der Waals surface area contributed by atoms with Crippen LogP contribution in [0.25, 0.3) is 11.3 Å². The summed E-state index contributed by atoms with van der Waals surface area (Å²) in [7, 11) is 0. The molecule has 0 spiro atoms. The van der Waals surface area contributed by atoms with E-state index in [1.807, 2.05) is 0 Å². The van der Waals surface area contributed by atoms with Gasteiger partial charge in [-0.1, -0.05) is 0 Å². The number of ether oxygens (including phenoxy) is 1. The maximum absolute atomic E-state index is 14.5. The van der Waals surface area contributed by atoms with E-state index in [1.54, 1.807) is 24.3 Å². The number of carbonyl (C=O) groups is 2. The number of amides is 2. The number of halogens is 1. The van der Waals surface area contributed by atoms with Crippen molar-refractivity contribution in [1.29, 1.82) is 5.26 Å². The minimum absolute atomic E-state index is 0.0444. The van der Waals surface area contributed by atoms with E-state index in [0.717, 1.165) is 12.8 Å². The molecule has 10 heteroatoms. The fourth-order valence-electron chi connectivity index (χ4n) is 3.54. The third-order valence-corrected chi connectivity index (χ3v) is 5.51. The Morgan fingerprint density at radius 2 is 2.09 bits per heavy atom. The average molecular weight is 439 g/mol. The number of aliphatic hydroxyl groups excluding tert-OH is 1. The Kier molecular flexibility index (Phi) is 6.28. The Bertz CT molecular complexity index is 1070. The summed E-state index contributed by atoms with van der Waals surface area (Å²) in [6, 6.07) is 8.55. The molecule has 4 rings (SSSR count). The van der Waals surface area contributed by atoms with Crippen molar-refractivity contribution in [2.75, 3.05) is 25.0 Å². The lowest BCUT2D eigenvalue weighted by molar-refractivity contribution is -0.138. The van der Waals surface area contributed by atoms with Crippen LogP contribution in [-0.4, -0.2) is 63.8 Å². The fraction of sp³-hybridized carbons (Fsp3) is 0.409. The molecule has 1 saturated heterocycles. The molecule has 1 aromatic carbocycles. The number of nitrogens with one attached hydrogen (secondary N) is 1. The van der Waals surface area contributed by atoms with Crippen LogP contribution < -0.4 is 10.1 Å². The van der Waals surface area contributed by atoms with E-state index in [-0.39, 0.29) is 42.6 Å². The third-order valence-electron chi connectivity index (χ3n) is 5.51. The van der Waals surface area contributed by atoms with Gasteiger partial charge < -0.3 is 20.1 Å². The number of hydrogen-bond donors (Lipinski definition) is 2. The molecular weight excluding hydrogens is 417 g/mol. The number of carbonyl (C=O) groups excluding carboxylic acids is 2. The van der Waals surface area contributed by atoms with Gasteiger partial charge in [-0.2, -0.15) is 5.26 Å². The number of hydrogen-bond acceptors (Lipinski definition) is 7. The molecule has 2 amide bonds. The number of nitrogens with zero attached hydrogens (tertiary/aromatic N) is 4. The van der Waals surface area contributed by atoms with Gasteiger partial charge in [0, 0.05) is 30.5 Å². The van der Waals surface area contributed by atoms with Gasteiger partial charge in [0.1, 0.15) is 36.7 Å². The zero-order chi connectivity index (χ0) is 22.7. The molecule has 2 fully saturated rings. The highest BCUT2D eigenvalue weighted by molar-refractivity contribution is 5.93. The average Bonchev–Trinajstić information content (AvgIpc) is 3.66. The van der Waals surface area contributed by atoms with Crippen LogP contribution in [0.15, 0.2) is 30.6 Å². The topological polar surface area (TPSA) is 128 Å². The molecule has 1 aromatic heterocycles. The molecular formula is C22H22FN5O4. The van der Waals surface area contributed by atoms with Gasteiger partial charge in [-0.05, 0) is 31.0 Å². The number of rotatable bonds is 6. The highest BCUT2D eigenvalue weighted by Crippen LogP contribution is 2.31. The maximum atomic E-state index is 14.5. The van der Waals surface area contributed by atoms with Crippen LogP contribution in [0.5, 0.6) is 5.75 Å². The zero-order valence-corrected chi connectivity index (χ0v) is 17.2. The number of alkyl halides is 1. The van der Waals surface area contributed by atoms with Crippen molar-refractivity contribution in [3.05, 3.63) is 36.2 Å². The number of likely N-dealkylation sites (tertiary alicyclic amines) is 1. The van der Waals surface area contributed by atoms with Gasteiger partial charge >= 0.3 is 0 Å². The van der Waals surface area contributed by atoms with E-state index in [2.05, 4.69) is 21.4 Å². The van der Waals surface area contributed by atoms with Crippen molar-refractivity contribution < 1.29 is 23.8 Å². The normalized spacial score (nSPS) is 20.3. The summed E-state index contributed by atoms with van der Waals surface area (Å²) in [4.78, 5) is 33.1. The zero-order valence-electron chi connectivity index (χ0n) is 17.2. The smallest absolute Gasteiger partial charge is 0.248 e. The van der Waals surface area contributed by atoms with Crippen molar-refractivity contribution in [3.63, 3.8) is 0 Å². The molecule has 0 unspecified atom stereocenters. The molecule has 2 aliphatic rings. The second kappa shape index (κ2) is 9.28. The quantitative estimate of drug-likeness (QED) is 0.701. The summed E-state index contributed by atoms with van der Waals surface area (Å²) in [5.74, 6) is 0.0784. The van der Waals surface area contributed by atoms with E-state index in [4.69, 9.17) is 9.84 Å². The number of aliphatic hydroxyl groups is 1. The number of benzene rings is 1. The Morgan fingerprint density at radius 1 is 1.28 bits per heavy atom. The van der Waals surface area contributed by atoms with E-state index >= 15 is 0 Å². The van der Waals surface area contributed by atoms with Gasteiger partial charge in [0.2, 0.25) is 11.8 Å². The van der Waals surface area contributed by atoms with Gasteiger partial charge in [-0.3, -0.25) is 9.59 Å². The summed E-state index contributed by atoms with van der Waals surface area (Å²) in [6.07, 6.45) is 1.10. The first-order valence-electron chi connectivity index (χ1n) is 10.3. The number of piperidine rings is 1. The van der Waals surface area contributed by atoms with Crippen molar-refractivity contribution in [1.82, 2.24) is 14.9 Å². The summed E-state index contributed by atoms with van der Waals surface area (Å²) >= 11 is 0. The number of aromatic nitrogens is 2. The van der Waals surface area contributed by atoms with Crippen molar-refractivity contribution in [2.24, 2.45) is 5.92 Å². The Balaban J connectivity index is 1.47. The lowest BCUT2D eigenvalue weighted by atomic mass is 10.0. The van der Waals surface area contributed by atoms with Crippen molar-refractivity contribution in [2.45, 2.75) is 31.5 Å². The number of anilines is 1. The summed E-state index contributed by atoms with van der Waals surface area (Å²) < 4.78 is 20.3. The SMILES string of the molecule is N#Cc1cc(-c2cc(NC(=O)C3CC3)ncn2)ccc1O[C@H]1CCN(C(=O)CO)C[C@H]1F. The van der Waals surface area contributed by atoms with Crippen LogP contribution in [0.1, 0.15) is 24.8 Å². The molecule has 1 aliphatic carbocycles. The minimum Gasteiger partial charge on any atom is -0.486 e. The molecule has 2 heterocycles. The highest BCUT2D eigenvalue weighted by atomic mass is 19.1. The molecule has 2 aromatic rings. The van der Waals surface area contributed by atoms with Crippen LogP contribution in [0.4, 0.5) is 10.2 Å². The van der Waals surface area contributed by atoms with Gasteiger partial charge in [-0.25, -0.2) is 14.4 Å². The third kappa shape index (κ3) is 4.84. The molecule has 2 atom stereocenters. The molecule has 166 valence electrons.